The Morgan fingerprint density at radius 2 is 1.80 bits per heavy atom. The molecule has 3 aliphatic heterocycles. The van der Waals surface area contributed by atoms with Gasteiger partial charge in [-0.3, -0.25) is 0 Å². The Balaban J connectivity index is 1.84. The second-order valence-corrected chi connectivity index (χ2v) is 6.69. The molecule has 0 aromatic rings. The number of rotatable bonds is 3. The molecule has 0 bridgehead atoms. The van der Waals surface area contributed by atoms with Crippen molar-refractivity contribution in [3.05, 3.63) is 0 Å². The normalized spacial score (nSPS) is 45.1. The molecule has 3 aliphatic rings. The molecular formula is C14H25NO5. The molecule has 3 saturated heterocycles. The highest BCUT2D eigenvalue weighted by Gasteiger charge is 2.66. The van der Waals surface area contributed by atoms with E-state index in [-0.39, 0.29) is 18.3 Å². The first-order valence-corrected chi connectivity index (χ1v) is 7.35. The predicted octanol–water partition coefficient (Wildman–Crippen LogP) is 1.12. The molecule has 0 amide bonds. The van der Waals surface area contributed by atoms with E-state index in [0.29, 0.717) is 19.6 Å². The van der Waals surface area contributed by atoms with Crippen LogP contribution in [-0.4, -0.2) is 48.8 Å². The van der Waals surface area contributed by atoms with Crippen molar-refractivity contribution in [1.82, 2.24) is 0 Å². The van der Waals surface area contributed by atoms with Crippen LogP contribution in [0.5, 0.6) is 0 Å². The third-order valence-electron chi connectivity index (χ3n) is 4.02. The van der Waals surface area contributed by atoms with Crippen LogP contribution in [0, 0.1) is 0 Å². The average molecular weight is 287 g/mol. The molecule has 6 heteroatoms. The molecule has 0 unspecified atom stereocenters. The number of nitrogens with two attached hydrogens (primary N) is 1. The van der Waals surface area contributed by atoms with Crippen molar-refractivity contribution in [1.29, 1.82) is 0 Å². The molecule has 2 N–H and O–H groups in total. The lowest BCUT2D eigenvalue weighted by Crippen LogP contribution is -2.51. The molecule has 3 fully saturated rings. The Morgan fingerprint density at radius 1 is 1.05 bits per heavy atom. The second-order valence-electron chi connectivity index (χ2n) is 6.69. The highest BCUT2D eigenvalue weighted by molar-refractivity contribution is 5.04. The minimum atomic E-state index is -0.762. The fraction of sp³-hybridized carbons (Fsp3) is 1.00. The summed E-state index contributed by atoms with van der Waals surface area (Å²) in [4.78, 5) is 0. The topological polar surface area (TPSA) is 72.2 Å². The van der Waals surface area contributed by atoms with Gasteiger partial charge < -0.3 is 29.4 Å². The van der Waals surface area contributed by atoms with Crippen molar-refractivity contribution >= 4 is 0 Å². The highest BCUT2D eigenvalue weighted by Crippen LogP contribution is 2.50. The maximum atomic E-state index is 6.16. The first-order chi connectivity index (χ1) is 9.27. The zero-order valence-corrected chi connectivity index (χ0v) is 12.7. The minimum absolute atomic E-state index is 0.151. The van der Waals surface area contributed by atoms with Gasteiger partial charge in [0.25, 0.3) is 0 Å². The van der Waals surface area contributed by atoms with Crippen LogP contribution >= 0.6 is 0 Å². The summed E-state index contributed by atoms with van der Waals surface area (Å²) in [5.41, 5.74) is 5.64. The molecule has 0 spiro atoms. The van der Waals surface area contributed by atoms with E-state index < -0.39 is 17.4 Å². The summed E-state index contributed by atoms with van der Waals surface area (Å²) in [6, 6.07) is 0. The Bertz CT molecular complexity index is 386. The largest absolute Gasteiger partial charge is 0.348 e. The standard InChI is InChI=1S/C14H25NO5/c1-12(2)16-8-9-10(18-12)11-14(17-9,6-5-7-15)20-13(3,4)19-11/h9-11H,5-8,15H2,1-4H3/t9-,10+,11-,14-/m0/s1. The maximum absolute atomic E-state index is 6.16. The van der Waals surface area contributed by atoms with E-state index in [0.717, 1.165) is 6.42 Å². The van der Waals surface area contributed by atoms with Crippen LogP contribution in [0.2, 0.25) is 0 Å². The van der Waals surface area contributed by atoms with E-state index in [9.17, 15) is 0 Å². The molecular weight excluding hydrogens is 262 g/mol. The summed E-state index contributed by atoms with van der Waals surface area (Å²) < 4.78 is 30.0. The zero-order chi connectivity index (χ0) is 14.6. The first kappa shape index (κ1) is 14.7. The minimum Gasteiger partial charge on any atom is -0.348 e. The molecule has 0 aromatic heterocycles. The van der Waals surface area contributed by atoms with E-state index in [1.165, 1.54) is 0 Å². The van der Waals surface area contributed by atoms with E-state index in [1.54, 1.807) is 0 Å². The summed E-state index contributed by atoms with van der Waals surface area (Å²) in [5.74, 6) is -2.05. The first-order valence-electron chi connectivity index (χ1n) is 7.35. The van der Waals surface area contributed by atoms with Gasteiger partial charge in [0.1, 0.15) is 18.3 Å². The zero-order valence-electron chi connectivity index (χ0n) is 12.7. The predicted molar refractivity (Wildman–Crippen MR) is 70.8 cm³/mol. The van der Waals surface area contributed by atoms with Crippen molar-refractivity contribution in [2.75, 3.05) is 13.2 Å². The molecule has 0 saturated carbocycles. The fourth-order valence-electron chi connectivity index (χ4n) is 3.33. The van der Waals surface area contributed by atoms with E-state index in [2.05, 4.69) is 0 Å². The fourth-order valence-corrected chi connectivity index (χ4v) is 3.33. The van der Waals surface area contributed by atoms with Gasteiger partial charge in [0, 0.05) is 6.42 Å². The van der Waals surface area contributed by atoms with Crippen molar-refractivity contribution in [3.63, 3.8) is 0 Å². The quantitative estimate of drug-likeness (QED) is 0.839. The van der Waals surface area contributed by atoms with Gasteiger partial charge in [0.15, 0.2) is 11.6 Å². The molecule has 20 heavy (non-hydrogen) atoms. The van der Waals surface area contributed by atoms with Gasteiger partial charge in [0.2, 0.25) is 5.79 Å². The van der Waals surface area contributed by atoms with Gasteiger partial charge in [-0.15, -0.1) is 0 Å². The molecule has 3 rings (SSSR count). The highest BCUT2D eigenvalue weighted by atomic mass is 16.9. The van der Waals surface area contributed by atoms with Gasteiger partial charge in [-0.25, -0.2) is 0 Å². The average Bonchev–Trinajstić information content (AvgIpc) is 2.74. The van der Waals surface area contributed by atoms with Crippen LogP contribution in [-0.2, 0) is 23.7 Å². The lowest BCUT2D eigenvalue weighted by atomic mass is 10.00. The van der Waals surface area contributed by atoms with Crippen LogP contribution in [0.25, 0.3) is 0 Å². The van der Waals surface area contributed by atoms with Crippen molar-refractivity contribution in [3.8, 4) is 0 Å². The van der Waals surface area contributed by atoms with Crippen LogP contribution in [0.1, 0.15) is 40.5 Å². The van der Waals surface area contributed by atoms with Crippen LogP contribution in [0.15, 0.2) is 0 Å². The number of hydrogen-bond acceptors (Lipinski definition) is 6. The van der Waals surface area contributed by atoms with Crippen molar-refractivity contribution in [2.45, 2.75) is 76.2 Å². The van der Waals surface area contributed by atoms with Crippen molar-refractivity contribution < 1.29 is 23.7 Å². The SMILES string of the molecule is CC1(C)OC[C@@H]2O[C@@]3(CCCN)OC(C)(C)O[C@H]3[C@@H]2O1. The Hall–Kier alpha value is -0.240. The lowest BCUT2D eigenvalue weighted by molar-refractivity contribution is -0.328. The summed E-state index contributed by atoms with van der Waals surface area (Å²) in [5, 5.41) is 0. The summed E-state index contributed by atoms with van der Waals surface area (Å²) in [6.45, 7) is 8.70. The van der Waals surface area contributed by atoms with E-state index in [1.807, 2.05) is 27.7 Å². The third kappa shape index (κ3) is 2.38. The number of fused-ring (bicyclic) bond motifs is 3. The van der Waals surface area contributed by atoms with Gasteiger partial charge in [0.05, 0.1) is 6.61 Å². The summed E-state index contributed by atoms with van der Waals surface area (Å²) >= 11 is 0. The number of hydrogen-bond donors (Lipinski definition) is 1. The molecule has 6 nitrogen and oxygen atoms in total. The summed E-state index contributed by atoms with van der Waals surface area (Å²) in [7, 11) is 0. The molecule has 0 radical (unpaired) electrons. The van der Waals surface area contributed by atoms with Crippen molar-refractivity contribution in [2.24, 2.45) is 5.73 Å². The van der Waals surface area contributed by atoms with Gasteiger partial charge >= 0.3 is 0 Å². The van der Waals surface area contributed by atoms with E-state index in [4.69, 9.17) is 29.4 Å². The molecule has 116 valence electrons. The van der Waals surface area contributed by atoms with Crippen LogP contribution < -0.4 is 5.73 Å². The maximum Gasteiger partial charge on any atom is 0.201 e. The van der Waals surface area contributed by atoms with E-state index >= 15 is 0 Å². The monoisotopic (exact) mass is 287 g/mol. The summed E-state index contributed by atoms with van der Waals surface area (Å²) in [6.07, 6.45) is 0.964. The Labute approximate surface area is 119 Å². The molecule has 0 aromatic carbocycles. The Kier molecular flexibility index (Phi) is 3.40. The third-order valence-corrected chi connectivity index (χ3v) is 4.02. The molecule has 3 heterocycles. The molecule has 4 atom stereocenters. The smallest absolute Gasteiger partial charge is 0.201 e. The lowest BCUT2D eigenvalue weighted by Gasteiger charge is -2.38. The molecule has 0 aliphatic carbocycles. The van der Waals surface area contributed by atoms with Gasteiger partial charge in [-0.2, -0.15) is 0 Å². The second kappa shape index (κ2) is 4.63. The van der Waals surface area contributed by atoms with Gasteiger partial charge in [-0.1, -0.05) is 0 Å². The number of ether oxygens (including phenoxy) is 5. The van der Waals surface area contributed by atoms with Gasteiger partial charge in [-0.05, 0) is 40.7 Å². The van der Waals surface area contributed by atoms with Crippen LogP contribution in [0.4, 0.5) is 0 Å². The Morgan fingerprint density at radius 3 is 2.50 bits per heavy atom. The van der Waals surface area contributed by atoms with Crippen LogP contribution in [0.3, 0.4) is 0 Å².